The van der Waals surface area contributed by atoms with Crippen LogP contribution in [0.2, 0.25) is 0 Å². The Balaban J connectivity index is 1.53. The second kappa shape index (κ2) is 9.84. The highest BCUT2D eigenvalue weighted by Crippen LogP contribution is 2.22. The van der Waals surface area contributed by atoms with Gasteiger partial charge in [-0.05, 0) is 24.6 Å². The van der Waals surface area contributed by atoms with Crippen molar-refractivity contribution in [3.05, 3.63) is 76.8 Å². The fourth-order valence-electron chi connectivity index (χ4n) is 2.75. The predicted molar refractivity (Wildman–Crippen MR) is 114 cm³/mol. The van der Waals surface area contributed by atoms with E-state index in [1.807, 2.05) is 66.9 Å². The number of esters is 1. The average Bonchev–Trinajstić information content (AvgIpc) is 3.15. The number of ether oxygens (including phenoxy) is 1. The molecule has 2 aromatic carbocycles. The maximum atomic E-state index is 12.3. The monoisotopic (exact) mass is 409 g/mol. The van der Waals surface area contributed by atoms with Crippen LogP contribution in [0.1, 0.15) is 36.2 Å². The quantitative estimate of drug-likeness (QED) is 0.535. The Labute approximate surface area is 173 Å². The molecule has 0 saturated heterocycles. The Kier molecular flexibility index (Phi) is 6.97. The number of carbonyl (C=O) groups excluding carboxylic acids is 2. The van der Waals surface area contributed by atoms with Crippen molar-refractivity contribution in [3.8, 4) is 0 Å². The molecule has 0 unspecified atom stereocenters. The number of nitrogens with zero attached hydrogens (tertiary/aromatic N) is 1. The lowest BCUT2D eigenvalue weighted by Crippen LogP contribution is -2.28. The van der Waals surface area contributed by atoms with Gasteiger partial charge in [-0.3, -0.25) is 9.59 Å². The summed E-state index contributed by atoms with van der Waals surface area (Å²) >= 11 is 1.45. The SMILES string of the molecule is CC(=O)N[C@H](CC(=O)OCc1csc(Nc2ccc(C)cc2)n1)c1ccccc1. The second-order valence-corrected chi connectivity index (χ2v) is 7.52. The fourth-order valence-corrected chi connectivity index (χ4v) is 3.47. The fraction of sp³-hybridized carbons (Fsp3) is 0.227. The number of thiazole rings is 1. The molecule has 3 aromatic rings. The van der Waals surface area contributed by atoms with Gasteiger partial charge in [-0.2, -0.15) is 0 Å². The largest absolute Gasteiger partial charge is 0.459 e. The molecule has 0 aliphatic rings. The number of benzene rings is 2. The predicted octanol–water partition coefficient (Wildman–Crippen LogP) is 4.51. The highest BCUT2D eigenvalue weighted by molar-refractivity contribution is 7.13. The number of aryl methyl sites for hydroxylation is 1. The van der Waals surface area contributed by atoms with Gasteiger partial charge in [0, 0.05) is 18.0 Å². The third-order valence-corrected chi connectivity index (χ3v) is 4.99. The summed E-state index contributed by atoms with van der Waals surface area (Å²) in [5.74, 6) is -0.591. The zero-order valence-corrected chi connectivity index (χ0v) is 17.2. The van der Waals surface area contributed by atoms with Gasteiger partial charge in [0.05, 0.1) is 18.2 Å². The van der Waals surface area contributed by atoms with Gasteiger partial charge in [-0.1, -0.05) is 48.0 Å². The topological polar surface area (TPSA) is 80.3 Å². The van der Waals surface area contributed by atoms with Crippen LogP contribution in [-0.4, -0.2) is 16.9 Å². The van der Waals surface area contributed by atoms with Crippen molar-refractivity contribution in [1.82, 2.24) is 10.3 Å². The summed E-state index contributed by atoms with van der Waals surface area (Å²) in [4.78, 5) is 28.2. The summed E-state index contributed by atoms with van der Waals surface area (Å²) in [6.07, 6.45) is 0.0577. The van der Waals surface area contributed by atoms with Gasteiger partial charge in [0.1, 0.15) is 6.61 Å². The Morgan fingerprint density at radius 3 is 2.52 bits per heavy atom. The van der Waals surface area contributed by atoms with Gasteiger partial charge < -0.3 is 15.4 Å². The number of hydrogen-bond donors (Lipinski definition) is 2. The Bertz CT molecular complexity index is 955. The van der Waals surface area contributed by atoms with Crippen molar-refractivity contribution >= 4 is 34.0 Å². The molecule has 150 valence electrons. The third kappa shape index (κ3) is 6.43. The molecule has 0 radical (unpaired) electrons. The minimum absolute atomic E-state index is 0.0577. The molecule has 0 aliphatic heterocycles. The van der Waals surface area contributed by atoms with Crippen LogP contribution in [-0.2, 0) is 20.9 Å². The van der Waals surface area contributed by atoms with Crippen LogP contribution in [0.5, 0.6) is 0 Å². The van der Waals surface area contributed by atoms with Crippen LogP contribution < -0.4 is 10.6 Å². The molecule has 7 heteroatoms. The molecule has 1 amide bonds. The summed E-state index contributed by atoms with van der Waals surface area (Å²) in [5, 5.41) is 8.62. The Hall–Kier alpha value is -3.19. The molecule has 6 nitrogen and oxygen atoms in total. The molecule has 0 saturated carbocycles. The number of nitrogens with one attached hydrogen (secondary N) is 2. The van der Waals surface area contributed by atoms with E-state index in [1.54, 1.807) is 0 Å². The molecular formula is C22H23N3O3S. The number of anilines is 2. The van der Waals surface area contributed by atoms with Crippen molar-refractivity contribution in [2.45, 2.75) is 32.9 Å². The first-order chi connectivity index (χ1) is 14.0. The molecule has 0 fully saturated rings. The molecule has 1 atom stereocenters. The molecule has 29 heavy (non-hydrogen) atoms. The third-order valence-electron chi connectivity index (χ3n) is 4.19. The van der Waals surface area contributed by atoms with Gasteiger partial charge in [0.2, 0.25) is 5.91 Å². The summed E-state index contributed by atoms with van der Waals surface area (Å²) in [6, 6.07) is 17.0. The van der Waals surface area contributed by atoms with Crippen molar-refractivity contribution in [3.63, 3.8) is 0 Å². The van der Waals surface area contributed by atoms with Gasteiger partial charge in [0.25, 0.3) is 0 Å². The molecular weight excluding hydrogens is 386 g/mol. The lowest BCUT2D eigenvalue weighted by Gasteiger charge is -2.17. The van der Waals surface area contributed by atoms with E-state index in [0.29, 0.717) is 5.69 Å². The first-order valence-corrected chi connectivity index (χ1v) is 10.1. The molecule has 3 rings (SSSR count). The maximum Gasteiger partial charge on any atom is 0.308 e. The standard InChI is InChI=1S/C22H23N3O3S/c1-15-8-10-18(11-9-15)24-22-25-19(14-29-22)13-28-21(27)12-20(23-16(2)26)17-6-4-3-5-7-17/h3-11,14,20H,12-13H2,1-2H3,(H,23,26)(H,24,25)/t20-/m1/s1. The normalized spacial score (nSPS) is 11.5. The van der Waals surface area contributed by atoms with E-state index < -0.39 is 12.0 Å². The van der Waals surface area contributed by atoms with E-state index in [4.69, 9.17) is 4.74 Å². The molecule has 1 heterocycles. The Morgan fingerprint density at radius 1 is 1.10 bits per heavy atom. The van der Waals surface area contributed by atoms with E-state index in [-0.39, 0.29) is 18.9 Å². The van der Waals surface area contributed by atoms with Gasteiger partial charge in [0.15, 0.2) is 5.13 Å². The van der Waals surface area contributed by atoms with Gasteiger partial charge in [-0.15, -0.1) is 11.3 Å². The molecule has 1 aromatic heterocycles. The number of amides is 1. The summed E-state index contributed by atoms with van der Waals surface area (Å²) in [5.41, 5.74) is 3.68. The highest BCUT2D eigenvalue weighted by Gasteiger charge is 2.18. The highest BCUT2D eigenvalue weighted by atomic mass is 32.1. The van der Waals surface area contributed by atoms with E-state index in [1.165, 1.54) is 23.8 Å². The van der Waals surface area contributed by atoms with E-state index >= 15 is 0 Å². The number of hydrogen-bond acceptors (Lipinski definition) is 6. The lowest BCUT2D eigenvalue weighted by atomic mass is 10.0. The van der Waals surface area contributed by atoms with E-state index in [2.05, 4.69) is 15.6 Å². The van der Waals surface area contributed by atoms with Crippen molar-refractivity contribution in [1.29, 1.82) is 0 Å². The summed E-state index contributed by atoms with van der Waals surface area (Å²) < 4.78 is 5.37. The van der Waals surface area contributed by atoms with Crippen molar-refractivity contribution in [2.24, 2.45) is 0 Å². The molecule has 0 spiro atoms. The zero-order valence-electron chi connectivity index (χ0n) is 16.3. The van der Waals surface area contributed by atoms with Gasteiger partial charge >= 0.3 is 5.97 Å². The van der Waals surface area contributed by atoms with Crippen molar-refractivity contribution in [2.75, 3.05) is 5.32 Å². The molecule has 2 N–H and O–H groups in total. The number of rotatable bonds is 8. The first kappa shape index (κ1) is 20.5. The minimum atomic E-state index is -0.421. The average molecular weight is 410 g/mol. The van der Waals surface area contributed by atoms with Crippen LogP contribution in [0.3, 0.4) is 0 Å². The van der Waals surface area contributed by atoms with Crippen LogP contribution in [0.15, 0.2) is 60.0 Å². The van der Waals surface area contributed by atoms with Crippen LogP contribution in [0, 0.1) is 6.92 Å². The maximum absolute atomic E-state index is 12.3. The number of carbonyl (C=O) groups is 2. The zero-order chi connectivity index (χ0) is 20.6. The van der Waals surface area contributed by atoms with Crippen LogP contribution >= 0.6 is 11.3 Å². The van der Waals surface area contributed by atoms with E-state index in [0.717, 1.165) is 16.4 Å². The van der Waals surface area contributed by atoms with Gasteiger partial charge in [-0.25, -0.2) is 4.98 Å². The number of aromatic nitrogens is 1. The molecule has 0 aliphatic carbocycles. The minimum Gasteiger partial charge on any atom is -0.459 e. The van der Waals surface area contributed by atoms with Crippen LogP contribution in [0.4, 0.5) is 10.8 Å². The molecule has 0 bridgehead atoms. The van der Waals surface area contributed by atoms with E-state index in [9.17, 15) is 9.59 Å². The summed E-state index contributed by atoms with van der Waals surface area (Å²) in [7, 11) is 0. The van der Waals surface area contributed by atoms with Crippen molar-refractivity contribution < 1.29 is 14.3 Å². The lowest BCUT2D eigenvalue weighted by molar-refractivity contribution is -0.145. The smallest absolute Gasteiger partial charge is 0.308 e. The second-order valence-electron chi connectivity index (χ2n) is 6.66. The Morgan fingerprint density at radius 2 is 1.83 bits per heavy atom. The van der Waals surface area contributed by atoms with Crippen LogP contribution in [0.25, 0.3) is 0 Å². The summed E-state index contributed by atoms with van der Waals surface area (Å²) in [6.45, 7) is 3.56. The first-order valence-electron chi connectivity index (χ1n) is 9.25.